The van der Waals surface area contributed by atoms with Gasteiger partial charge in [-0.15, -0.1) is 11.3 Å². The van der Waals surface area contributed by atoms with Gasteiger partial charge in [0, 0.05) is 22.7 Å². The van der Waals surface area contributed by atoms with Gasteiger partial charge >= 0.3 is 0 Å². The van der Waals surface area contributed by atoms with E-state index in [2.05, 4.69) is 17.2 Å². The molecule has 0 aliphatic rings. The number of benzene rings is 1. The van der Waals surface area contributed by atoms with Crippen LogP contribution in [0.5, 0.6) is 0 Å². The Labute approximate surface area is 119 Å². The van der Waals surface area contributed by atoms with Crippen LogP contribution in [0.25, 0.3) is 10.6 Å². The highest BCUT2D eigenvalue weighted by Crippen LogP contribution is 2.30. The lowest BCUT2D eigenvalue weighted by Crippen LogP contribution is -2.18. The molecule has 6 heteroatoms. The van der Waals surface area contributed by atoms with Gasteiger partial charge in [0.25, 0.3) is 0 Å². The van der Waals surface area contributed by atoms with Gasteiger partial charge in [0.2, 0.25) is 0 Å². The van der Waals surface area contributed by atoms with E-state index in [4.69, 9.17) is 0 Å². The minimum absolute atomic E-state index is 0.122. The van der Waals surface area contributed by atoms with Crippen molar-refractivity contribution in [3.8, 4) is 10.6 Å². The van der Waals surface area contributed by atoms with Gasteiger partial charge < -0.3 is 5.32 Å². The molecule has 0 amide bonds. The molecule has 0 aliphatic carbocycles. The lowest BCUT2D eigenvalue weighted by atomic mass is 10.2. The molecule has 0 fully saturated rings. The van der Waals surface area contributed by atoms with E-state index in [0.717, 1.165) is 30.0 Å². The molecule has 1 heterocycles. The zero-order chi connectivity index (χ0) is 14.7. The van der Waals surface area contributed by atoms with E-state index in [1.807, 2.05) is 6.92 Å². The van der Waals surface area contributed by atoms with E-state index in [-0.39, 0.29) is 11.6 Å². The van der Waals surface area contributed by atoms with Crippen LogP contribution in [0.3, 0.4) is 0 Å². The molecule has 1 unspecified atom stereocenters. The molecule has 1 N–H and O–H groups in total. The summed E-state index contributed by atoms with van der Waals surface area (Å²) in [5.41, 5.74) is 0.250. The fourth-order valence-corrected chi connectivity index (χ4v) is 2.69. The summed E-state index contributed by atoms with van der Waals surface area (Å²) in [6, 6.07) is 2.05. The number of halogens is 3. The van der Waals surface area contributed by atoms with Crippen molar-refractivity contribution in [1.29, 1.82) is 0 Å². The van der Waals surface area contributed by atoms with Gasteiger partial charge in [-0.05, 0) is 32.0 Å². The number of thiazole rings is 1. The van der Waals surface area contributed by atoms with Crippen LogP contribution in [0.4, 0.5) is 13.2 Å². The first-order valence-electron chi connectivity index (χ1n) is 6.37. The summed E-state index contributed by atoms with van der Waals surface area (Å²) in [5, 5.41) is 3.78. The van der Waals surface area contributed by atoms with Gasteiger partial charge in [0.15, 0.2) is 17.5 Å². The average Bonchev–Trinajstić information content (AvgIpc) is 2.91. The summed E-state index contributed by atoms with van der Waals surface area (Å²) in [6.45, 7) is 4.95. The highest BCUT2D eigenvalue weighted by molar-refractivity contribution is 7.15. The van der Waals surface area contributed by atoms with Crippen molar-refractivity contribution in [2.75, 3.05) is 6.54 Å². The zero-order valence-electron chi connectivity index (χ0n) is 11.2. The quantitative estimate of drug-likeness (QED) is 0.833. The molecule has 0 bridgehead atoms. The zero-order valence-corrected chi connectivity index (χ0v) is 12.0. The van der Waals surface area contributed by atoms with Gasteiger partial charge in [-0.2, -0.15) is 0 Å². The minimum atomic E-state index is -1.46. The van der Waals surface area contributed by atoms with Crippen molar-refractivity contribution in [2.24, 2.45) is 0 Å². The number of nitrogens with zero attached hydrogens (tertiary/aromatic N) is 1. The van der Waals surface area contributed by atoms with Gasteiger partial charge in [0.1, 0.15) is 5.01 Å². The van der Waals surface area contributed by atoms with Crippen LogP contribution in [0.1, 0.15) is 31.2 Å². The first-order chi connectivity index (χ1) is 9.52. The molecule has 1 aromatic heterocycles. The molecule has 1 aromatic carbocycles. The van der Waals surface area contributed by atoms with Crippen LogP contribution in [0.15, 0.2) is 18.3 Å². The Morgan fingerprint density at radius 1 is 1.25 bits per heavy atom. The van der Waals surface area contributed by atoms with Crippen LogP contribution in [0, 0.1) is 17.5 Å². The molecule has 108 valence electrons. The largest absolute Gasteiger partial charge is 0.309 e. The molecular weight excluding hydrogens is 285 g/mol. The summed E-state index contributed by atoms with van der Waals surface area (Å²) >= 11 is 1.34. The topological polar surface area (TPSA) is 24.9 Å². The molecule has 2 rings (SSSR count). The van der Waals surface area contributed by atoms with Gasteiger partial charge in [0.05, 0.1) is 0 Å². The molecule has 0 radical (unpaired) electrons. The summed E-state index contributed by atoms with van der Waals surface area (Å²) in [4.78, 5) is 5.12. The van der Waals surface area contributed by atoms with E-state index in [1.165, 1.54) is 11.3 Å². The lowest BCUT2D eigenvalue weighted by Gasteiger charge is -2.09. The van der Waals surface area contributed by atoms with Crippen LogP contribution in [0.2, 0.25) is 0 Å². The average molecular weight is 300 g/mol. The van der Waals surface area contributed by atoms with Gasteiger partial charge in [-0.3, -0.25) is 0 Å². The van der Waals surface area contributed by atoms with E-state index in [9.17, 15) is 13.2 Å². The normalized spacial score (nSPS) is 12.7. The molecule has 0 spiro atoms. The second-order valence-electron chi connectivity index (χ2n) is 4.50. The molecule has 2 aromatic rings. The van der Waals surface area contributed by atoms with E-state index >= 15 is 0 Å². The summed E-state index contributed by atoms with van der Waals surface area (Å²) < 4.78 is 39.3. The molecule has 0 saturated carbocycles. The second-order valence-corrected chi connectivity index (χ2v) is 5.56. The molecule has 20 heavy (non-hydrogen) atoms. The third kappa shape index (κ3) is 3.19. The second kappa shape index (κ2) is 6.37. The monoisotopic (exact) mass is 300 g/mol. The molecule has 1 atom stereocenters. The Kier molecular flexibility index (Phi) is 4.77. The number of aromatic nitrogens is 1. The first-order valence-corrected chi connectivity index (χ1v) is 7.18. The molecular formula is C14H15F3N2S. The predicted molar refractivity (Wildman–Crippen MR) is 74.1 cm³/mol. The van der Waals surface area contributed by atoms with Crippen LogP contribution >= 0.6 is 11.3 Å². The van der Waals surface area contributed by atoms with E-state index in [1.54, 1.807) is 6.20 Å². The first kappa shape index (κ1) is 15.0. The fraction of sp³-hybridized carbons (Fsp3) is 0.357. The molecule has 2 nitrogen and oxygen atoms in total. The number of nitrogens with one attached hydrogen (secondary N) is 1. The summed E-state index contributed by atoms with van der Waals surface area (Å²) in [7, 11) is 0. The third-order valence-electron chi connectivity index (χ3n) is 2.88. The van der Waals surface area contributed by atoms with Crippen molar-refractivity contribution >= 4 is 11.3 Å². The van der Waals surface area contributed by atoms with Crippen LogP contribution in [-0.4, -0.2) is 11.5 Å². The minimum Gasteiger partial charge on any atom is -0.309 e. The lowest BCUT2D eigenvalue weighted by molar-refractivity contribution is 0.447. The summed E-state index contributed by atoms with van der Waals surface area (Å²) in [5.74, 6) is -3.86. The Morgan fingerprint density at radius 2 is 1.90 bits per heavy atom. The van der Waals surface area contributed by atoms with Crippen molar-refractivity contribution in [3.63, 3.8) is 0 Å². The molecule has 0 saturated heterocycles. The Hall–Kier alpha value is -1.40. The van der Waals surface area contributed by atoms with Crippen molar-refractivity contribution in [1.82, 2.24) is 10.3 Å². The van der Waals surface area contributed by atoms with Crippen molar-refractivity contribution in [3.05, 3.63) is 40.7 Å². The Bertz CT molecular complexity index is 575. The Balaban J connectivity index is 2.24. The van der Waals surface area contributed by atoms with Gasteiger partial charge in [-0.25, -0.2) is 18.2 Å². The van der Waals surface area contributed by atoms with Gasteiger partial charge in [-0.1, -0.05) is 6.92 Å². The predicted octanol–water partition coefficient (Wildman–Crippen LogP) is 4.29. The van der Waals surface area contributed by atoms with Crippen LogP contribution < -0.4 is 5.32 Å². The maximum Gasteiger partial charge on any atom is 0.194 e. The maximum absolute atomic E-state index is 13.2. The third-order valence-corrected chi connectivity index (χ3v) is 4.11. The summed E-state index contributed by atoms with van der Waals surface area (Å²) in [6.07, 6.45) is 2.69. The highest BCUT2D eigenvalue weighted by atomic mass is 32.1. The number of hydrogen-bond acceptors (Lipinski definition) is 3. The van der Waals surface area contributed by atoms with E-state index in [0.29, 0.717) is 5.01 Å². The highest BCUT2D eigenvalue weighted by Gasteiger charge is 2.15. The molecule has 0 aliphatic heterocycles. The fourth-order valence-electron chi connectivity index (χ4n) is 1.76. The van der Waals surface area contributed by atoms with E-state index < -0.39 is 17.5 Å². The number of hydrogen-bond donors (Lipinski definition) is 1. The SMILES string of the molecule is CCCNC(C)c1cnc(-c2cc(F)c(F)c(F)c2)s1. The standard InChI is InChI=1S/C14H15F3N2S/c1-3-4-18-8(2)12-7-19-14(20-12)9-5-10(15)13(17)11(16)6-9/h5-8,18H,3-4H2,1-2H3. The number of rotatable bonds is 5. The van der Waals surface area contributed by atoms with Crippen LogP contribution in [-0.2, 0) is 0 Å². The van der Waals surface area contributed by atoms with Crippen molar-refractivity contribution in [2.45, 2.75) is 26.3 Å². The van der Waals surface area contributed by atoms with Crippen molar-refractivity contribution < 1.29 is 13.2 Å². The maximum atomic E-state index is 13.2. The smallest absolute Gasteiger partial charge is 0.194 e. The Morgan fingerprint density at radius 3 is 2.50 bits per heavy atom.